The number of nitrogens with zero attached hydrogens (tertiary/aromatic N) is 2. The molecule has 0 saturated heterocycles. The number of hydrogen-bond donors (Lipinski definition) is 2. The fraction of sp³-hybridized carbons (Fsp3) is 0.200. The molecule has 0 aliphatic heterocycles. The van der Waals surface area contributed by atoms with Crippen LogP contribution in [-0.2, 0) is 12.8 Å². The van der Waals surface area contributed by atoms with Crippen LogP contribution in [0.1, 0.15) is 18.1 Å². The van der Waals surface area contributed by atoms with Crippen LogP contribution in [0.15, 0.2) is 60.8 Å². The number of para-hydroxylation sites is 1. The van der Waals surface area contributed by atoms with Gasteiger partial charge in [0.1, 0.15) is 11.6 Å². The molecule has 1 aromatic heterocycles. The normalized spacial score (nSPS) is 10.5. The average molecular weight is 336 g/mol. The number of halogens is 1. The second-order valence-electron chi connectivity index (χ2n) is 5.67. The Morgan fingerprint density at radius 3 is 2.52 bits per heavy atom. The minimum Gasteiger partial charge on any atom is -0.354 e. The van der Waals surface area contributed by atoms with Crippen molar-refractivity contribution in [2.75, 3.05) is 17.2 Å². The molecule has 25 heavy (non-hydrogen) atoms. The first-order chi connectivity index (χ1) is 12.3. The first-order valence-corrected chi connectivity index (χ1v) is 8.41. The van der Waals surface area contributed by atoms with Gasteiger partial charge in [0.15, 0.2) is 0 Å². The van der Waals surface area contributed by atoms with Crippen molar-refractivity contribution in [3.63, 3.8) is 0 Å². The predicted molar refractivity (Wildman–Crippen MR) is 99.7 cm³/mol. The molecule has 3 rings (SSSR count). The number of anilines is 3. The maximum atomic E-state index is 13.6. The van der Waals surface area contributed by atoms with Crippen LogP contribution in [-0.4, -0.2) is 16.5 Å². The Kier molecular flexibility index (Phi) is 5.57. The van der Waals surface area contributed by atoms with E-state index in [1.165, 1.54) is 11.6 Å². The van der Waals surface area contributed by atoms with Crippen molar-refractivity contribution in [2.24, 2.45) is 0 Å². The number of aryl methyl sites for hydroxylation is 1. The van der Waals surface area contributed by atoms with Crippen LogP contribution in [0.5, 0.6) is 0 Å². The minimum atomic E-state index is -0.184. The van der Waals surface area contributed by atoms with E-state index in [4.69, 9.17) is 0 Å². The maximum Gasteiger partial charge on any atom is 0.224 e. The van der Waals surface area contributed by atoms with E-state index in [-0.39, 0.29) is 5.82 Å². The molecule has 4 nitrogen and oxygen atoms in total. The van der Waals surface area contributed by atoms with E-state index in [1.54, 1.807) is 18.3 Å². The Morgan fingerprint density at radius 1 is 0.960 bits per heavy atom. The van der Waals surface area contributed by atoms with E-state index in [2.05, 4.69) is 33.6 Å². The van der Waals surface area contributed by atoms with Crippen LogP contribution in [0, 0.1) is 5.82 Å². The predicted octanol–water partition coefficient (Wildman–Crippen LogP) is 4.58. The first kappa shape index (κ1) is 16.9. The Hall–Kier alpha value is -2.95. The van der Waals surface area contributed by atoms with Gasteiger partial charge in [-0.25, -0.2) is 9.37 Å². The summed E-state index contributed by atoms with van der Waals surface area (Å²) in [5.74, 6) is 1.07. The summed E-state index contributed by atoms with van der Waals surface area (Å²) in [6.07, 6.45) is 3.23. The lowest BCUT2D eigenvalue weighted by atomic mass is 10.1. The molecular weight excluding hydrogens is 315 g/mol. The molecule has 0 amide bonds. The van der Waals surface area contributed by atoms with E-state index in [0.717, 1.165) is 17.9 Å². The molecule has 0 saturated carbocycles. The van der Waals surface area contributed by atoms with Gasteiger partial charge < -0.3 is 10.6 Å². The molecule has 2 aromatic carbocycles. The summed E-state index contributed by atoms with van der Waals surface area (Å²) in [7, 11) is 0. The van der Waals surface area contributed by atoms with Gasteiger partial charge in [-0.05, 0) is 42.2 Å². The summed E-state index contributed by atoms with van der Waals surface area (Å²) in [4.78, 5) is 8.69. The summed E-state index contributed by atoms with van der Waals surface area (Å²) < 4.78 is 13.6. The lowest BCUT2D eigenvalue weighted by Crippen LogP contribution is -2.09. The third kappa shape index (κ3) is 4.53. The summed E-state index contributed by atoms with van der Waals surface area (Å²) in [6, 6.07) is 16.8. The van der Waals surface area contributed by atoms with Crippen molar-refractivity contribution in [3.05, 3.63) is 77.7 Å². The highest BCUT2D eigenvalue weighted by Gasteiger charge is 2.04. The van der Waals surface area contributed by atoms with Crippen LogP contribution in [0.4, 0.5) is 21.8 Å². The Morgan fingerprint density at radius 2 is 1.72 bits per heavy atom. The van der Waals surface area contributed by atoms with Gasteiger partial charge in [-0.15, -0.1) is 0 Å². The highest BCUT2D eigenvalue weighted by Crippen LogP contribution is 2.20. The summed E-state index contributed by atoms with van der Waals surface area (Å²) in [5, 5.41) is 6.48. The van der Waals surface area contributed by atoms with E-state index in [9.17, 15) is 4.39 Å². The topological polar surface area (TPSA) is 49.8 Å². The number of rotatable bonds is 7. The summed E-state index contributed by atoms with van der Waals surface area (Å²) in [5.41, 5.74) is 2.96. The zero-order valence-electron chi connectivity index (χ0n) is 14.2. The van der Waals surface area contributed by atoms with E-state index < -0.39 is 0 Å². The second kappa shape index (κ2) is 8.24. The largest absolute Gasteiger partial charge is 0.354 e. The molecule has 0 fully saturated rings. The molecule has 0 unspecified atom stereocenters. The zero-order valence-corrected chi connectivity index (χ0v) is 14.2. The van der Waals surface area contributed by atoms with Gasteiger partial charge in [-0.3, -0.25) is 0 Å². The lowest BCUT2D eigenvalue weighted by Gasteiger charge is -2.11. The SMILES string of the molecule is CCc1ccccc1Nc1ccnc(NCCc2ccccc2F)n1. The first-order valence-electron chi connectivity index (χ1n) is 8.41. The molecule has 0 bridgehead atoms. The molecule has 0 aliphatic rings. The van der Waals surface area contributed by atoms with Crippen molar-refractivity contribution in [1.82, 2.24) is 9.97 Å². The Labute approximate surface area is 147 Å². The minimum absolute atomic E-state index is 0.184. The van der Waals surface area contributed by atoms with Gasteiger partial charge in [0.05, 0.1) is 0 Å². The van der Waals surface area contributed by atoms with Gasteiger partial charge >= 0.3 is 0 Å². The number of benzene rings is 2. The third-order valence-electron chi connectivity index (χ3n) is 3.95. The number of hydrogen-bond acceptors (Lipinski definition) is 4. The van der Waals surface area contributed by atoms with Crippen molar-refractivity contribution in [1.29, 1.82) is 0 Å². The van der Waals surface area contributed by atoms with E-state index >= 15 is 0 Å². The van der Waals surface area contributed by atoms with Gasteiger partial charge in [0.2, 0.25) is 5.95 Å². The Balaban J connectivity index is 1.62. The van der Waals surface area contributed by atoms with Crippen LogP contribution >= 0.6 is 0 Å². The Bertz CT molecular complexity index is 835. The third-order valence-corrected chi connectivity index (χ3v) is 3.95. The molecule has 3 aromatic rings. The summed E-state index contributed by atoms with van der Waals surface area (Å²) in [6.45, 7) is 2.69. The van der Waals surface area contributed by atoms with Gasteiger partial charge in [0, 0.05) is 18.4 Å². The van der Waals surface area contributed by atoms with Crippen LogP contribution in [0.25, 0.3) is 0 Å². The maximum absolute atomic E-state index is 13.6. The highest BCUT2D eigenvalue weighted by molar-refractivity contribution is 5.61. The second-order valence-corrected chi connectivity index (χ2v) is 5.67. The molecule has 0 spiro atoms. The fourth-order valence-corrected chi connectivity index (χ4v) is 2.61. The van der Waals surface area contributed by atoms with Crippen molar-refractivity contribution >= 4 is 17.5 Å². The molecule has 5 heteroatoms. The number of aromatic nitrogens is 2. The van der Waals surface area contributed by atoms with Crippen molar-refractivity contribution in [2.45, 2.75) is 19.8 Å². The smallest absolute Gasteiger partial charge is 0.224 e. The van der Waals surface area contributed by atoms with E-state index in [1.807, 2.05) is 30.3 Å². The van der Waals surface area contributed by atoms with Gasteiger partial charge in [0.25, 0.3) is 0 Å². The van der Waals surface area contributed by atoms with E-state index in [0.29, 0.717) is 24.5 Å². The molecule has 2 N–H and O–H groups in total. The monoisotopic (exact) mass is 336 g/mol. The van der Waals surface area contributed by atoms with Crippen LogP contribution < -0.4 is 10.6 Å². The molecule has 128 valence electrons. The number of nitrogens with one attached hydrogen (secondary N) is 2. The molecular formula is C20H21FN4. The van der Waals surface area contributed by atoms with Crippen LogP contribution in [0.3, 0.4) is 0 Å². The summed E-state index contributed by atoms with van der Waals surface area (Å²) >= 11 is 0. The zero-order chi connectivity index (χ0) is 17.5. The fourth-order valence-electron chi connectivity index (χ4n) is 2.61. The molecule has 1 heterocycles. The lowest BCUT2D eigenvalue weighted by molar-refractivity contribution is 0.610. The average Bonchev–Trinajstić information content (AvgIpc) is 2.64. The van der Waals surface area contributed by atoms with Crippen molar-refractivity contribution in [3.8, 4) is 0 Å². The molecule has 0 radical (unpaired) electrons. The van der Waals surface area contributed by atoms with Crippen LogP contribution in [0.2, 0.25) is 0 Å². The molecule has 0 aliphatic carbocycles. The highest BCUT2D eigenvalue weighted by atomic mass is 19.1. The quantitative estimate of drug-likeness (QED) is 0.663. The molecule has 0 atom stereocenters. The standard InChI is InChI=1S/C20H21FN4/c1-2-15-7-4-6-10-18(15)24-19-12-14-23-20(25-19)22-13-11-16-8-3-5-9-17(16)21/h3-10,12,14H,2,11,13H2,1H3,(H2,22,23,24,25). The van der Waals surface area contributed by atoms with Gasteiger partial charge in [-0.2, -0.15) is 4.98 Å². The van der Waals surface area contributed by atoms with Crippen molar-refractivity contribution < 1.29 is 4.39 Å². The van der Waals surface area contributed by atoms with Gasteiger partial charge in [-0.1, -0.05) is 43.3 Å².